The normalized spacial score (nSPS) is 21.9. The van der Waals surface area contributed by atoms with Gasteiger partial charge in [-0.2, -0.15) is 0 Å². The summed E-state index contributed by atoms with van der Waals surface area (Å²) < 4.78 is -1.42. The van der Waals surface area contributed by atoms with Gasteiger partial charge in [0.1, 0.15) is 48.0 Å². The van der Waals surface area contributed by atoms with E-state index in [4.69, 9.17) is 11.5 Å². The quantitative estimate of drug-likeness (QED) is 0.0491. The van der Waals surface area contributed by atoms with Gasteiger partial charge in [-0.05, 0) is 80.5 Å². The highest BCUT2D eigenvalue weighted by Crippen LogP contribution is 2.39. The van der Waals surface area contributed by atoms with Gasteiger partial charge in [0, 0.05) is 46.9 Å². The van der Waals surface area contributed by atoms with Crippen molar-refractivity contribution < 1.29 is 58.5 Å². The molecule has 1 aromatic heterocycles. The molecule has 0 saturated carbocycles. The number of carboxylic acids is 2. The Bertz CT molecular complexity index is 2690. The van der Waals surface area contributed by atoms with Crippen LogP contribution >= 0.6 is 21.6 Å². The van der Waals surface area contributed by atoms with E-state index in [2.05, 4.69) is 42.2 Å². The number of carbonyl (C=O) groups excluding carboxylic acids is 7. The maximum Gasteiger partial charge on any atom is 0.326 e. The van der Waals surface area contributed by atoms with Gasteiger partial charge >= 0.3 is 11.9 Å². The minimum Gasteiger partial charge on any atom is -0.508 e. The lowest BCUT2D eigenvalue weighted by Crippen LogP contribution is -2.63. The van der Waals surface area contributed by atoms with Crippen LogP contribution in [0.25, 0.3) is 10.9 Å². The average Bonchev–Trinajstić information content (AvgIpc) is 3.78. The standard InChI is InChI=1S/C52H68N10O12S2/c1-28(2)42(51(73)74)61-49(71)40-27-75-76-52(3,4)43(62-44(66)34(54)25-41(64)65)50(72)59-38(22-29-12-6-5-7-13-29)46(68)58-39(24-31-26-55-35-15-9-8-14-33(31)35)48(70)56-36(16-10-11-21-53)45(67)57-37(47(69)60-40)23-30-17-19-32(63)20-18-30/h5-9,12-15,17-20,26,28,34,36-40,42-43,55,63H,10-11,16,21-25,27,53-54H2,1-4H3,(H,56,70)(H,57,67)(H,58,68)(H,59,72)(H,60,69)(H,61,71)(H,62,66)(H,64,65)(H,73,74). The van der Waals surface area contributed by atoms with Crippen LogP contribution in [0.5, 0.6) is 5.75 Å². The Hall–Kier alpha value is -7.15. The lowest BCUT2D eigenvalue weighted by atomic mass is 9.98. The molecule has 1 aliphatic heterocycles. The maximum atomic E-state index is 14.9. The predicted octanol–water partition coefficient (Wildman–Crippen LogP) is 1.14. The Kier molecular flexibility index (Phi) is 22.1. The number of rotatable bonds is 18. The molecule has 4 aromatic rings. The molecule has 0 aliphatic carbocycles. The lowest BCUT2D eigenvalue weighted by molar-refractivity contribution is -0.143. The Morgan fingerprint density at radius 1 is 0.724 bits per heavy atom. The molecule has 1 saturated heterocycles. The number of carbonyl (C=O) groups is 9. The fourth-order valence-corrected chi connectivity index (χ4v) is 11.1. The molecule has 76 heavy (non-hydrogen) atoms. The second kappa shape index (κ2) is 28.1. The summed E-state index contributed by atoms with van der Waals surface area (Å²) in [7, 11) is 1.92. The van der Waals surface area contributed by atoms with E-state index in [1.165, 1.54) is 24.3 Å². The molecule has 410 valence electrons. The van der Waals surface area contributed by atoms with E-state index in [-0.39, 0.29) is 43.7 Å². The highest BCUT2D eigenvalue weighted by atomic mass is 33.1. The molecule has 1 fully saturated rings. The number of aromatic amines is 1. The lowest BCUT2D eigenvalue weighted by Gasteiger charge is -2.35. The van der Waals surface area contributed by atoms with Crippen molar-refractivity contribution in [1.29, 1.82) is 0 Å². The second-order valence-corrected chi connectivity index (χ2v) is 22.4. The number of amides is 7. The van der Waals surface area contributed by atoms with Crippen LogP contribution in [0, 0.1) is 5.92 Å². The fraction of sp³-hybridized carbons (Fsp3) is 0.442. The first kappa shape index (κ1) is 59.7. The van der Waals surface area contributed by atoms with Crippen molar-refractivity contribution >= 4 is 85.8 Å². The predicted molar refractivity (Wildman–Crippen MR) is 287 cm³/mol. The summed E-state index contributed by atoms with van der Waals surface area (Å²) in [6.45, 7) is 6.50. The molecule has 7 amide bonds. The molecule has 15 N–H and O–H groups in total. The number of aromatic hydroxyl groups is 1. The summed E-state index contributed by atoms with van der Waals surface area (Å²) in [5, 5.41) is 49.2. The molecule has 2 heterocycles. The third kappa shape index (κ3) is 17.5. The topological polar surface area (TPSA) is 366 Å². The first-order valence-electron chi connectivity index (χ1n) is 24.8. The van der Waals surface area contributed by atoms with Crippen molar-refractivity contribution in [3.8, 4) is 5.75 Å². The summed E-state index contributed by atoms with van der Waals surface area (Å²) in [6.07, 6.45) is 1.23. The molecular weight excluding hydrogens is 1020 g/mol. The van der Waals surface area contributed by atoms with Crippen molar-refractivity contribution in [1.82, 2.24) is 42.2 Å². The monoisotopic (exact) mass is 1090 g/mol. The van der Waals surface area contributed by atoms with Gasteiger partial charge in [0.2, 0.25) is 41.4 Å². The zero-order valence-electron chi connectivity index (χ0n) is 42.6. The molecule has 5 rings (SSSR count). The van der Waals surface area contributed by atoms with Crippen LogP contribution in [-0.4, -0.2) is 139 Å². The molecule has 22 nitrogen and oxygen atoms in total. The number of nitrogens with one attached hydrogen (secondary N) is 8. The largest absolute Gasteiger partial charge is 0.508 e. The number of hydrogen-bond acceptors (Lipinski definition) is 14. The molecule has 24 heteroatoms. The molecular formula is C52H68N10O12S2. The van der Waals surface area contributed by atoms with Gasteiger partial charge in [-0.25, -0.2) is 4.79 Å². The smallest absolute Gasteiger partial charge is 0.326 e. The fourth-order valence-electron chi connectivity index (χ4n) is 8.31. The van der Waals surface area contributed by atoms with E-state index in [0.717, 1.165) is 32.5 Å². The molecule has 0 spiro atoms. The van der Waals surface area contributed by atoms with Gasteiger partial charge in [-0.15, -0.1) is 0 Å². The number of phenols is 1. The van der Waals surface area contributed by atoms with Crippen molar-refractivity contribution in [2.75, 3.05) is 12.3 Å². The minimum absolute atomic E-state index is 0.0203. The third-order valence-corrected chi connectivity index (χ3v) is 15.9. The van der Waals surface area contributed by atoms with Gasteiger partial charge in [-0.1, -0.05) is 96.1 Å². The van der Waals surface area contributed by atoms with Gasteiger partial charge in [0.05, 0.1) is 12.5 Å². The number of para-hydroxylation sites is 1. The molecule has 0 radical (unpaired) electrons. The highest BCUT2D eigenvalue weighted by Gasteiger charge is 2.42. The van der Waals surface area contributed by atoms with Crippen molar-refractivity contribution in [2.24, 2.45) is 17.4 Å². The summed E-state index contributed by atoms with van der Waals surface area (Å²) in [5.41, 5.74) is 14.2. The zero-order chi connectivity index (χ0) is 55.7. The van der Waals surface area contributed by atoms with E-state index in [1.807, 2.05) is 18.2 Å². The molecule has 8 unspecified atom stereocenters. The Balaban J connectivity index is 1.66. The van der Waals surface area contributed by atoms with E-state index in [0.29, 0.717) is 29.5 Å². The average molecular weight is 1090 g/mol. The first-order valence-corrected chi connectivity index (χ1v) is 27.1. The minimum atomic E-state index is -1.62. The number of carboxylic acid groups (broad SMARTS) is 2. The summed E-state index contributed by atoms with van der Waals surface area (Å²) in [4.78, 5) is 129. The molecule has 3 aromatic carbocycles. The number of aliphatic carboxylic acids is 2. The summed E-state index contributed by atoms with van der Waals surface area (Å²) in [5.74, 6) is -9.92. The van der Waals surface area contributed by atoms with Crippen LogP contribution < -0.4 is 48.7 Å². The highest BCUT2D eigenvalue weighted by molar-refractivity contribution is 8.77. The van der Waals surface area contributed by atoms with E-state index in [9.17, 15) is 58.5 Å². The molecule has 8 atom stereocenters. The Labute approximate surface area is 447 Å². The Morgan fingerprint density at radius 3 is 1.88 bits per heavy atom. The van der Waals surface area contributed by atoms with Crippen LogP contribution in [0.1, 0.15) is 70.1 Å². The molecule has 1 aliphatic rings. The second-order valence-electron chi connectivity index (χ2n) is 19.4. The maximum absolute atomic E-state index is 14.9. The number of hydrogen-bond donors (Lipinski definition) is 13. The zero-order valence-corrected chi connectivity index (χ0v) is 44.3. The number of unbranched alkanes of at least 4 members (excludes halogenated alkanes) is 1. The number of benzene rings is 3. The van der Waals surface area contributed by atoms with Crippen molar-refractivity contribution in [3.63, 3.8) is 0 Å². The number of fused-ring (bicyclic) bond motifs is 1. The number of nitrogens with two attached hydrogens (primary N) is 2. The van der Waals surface area contributed by atoms with Crippen molar-refractivity contribution in [2.45, 2.75) is 126 Å². The first-order chi connectivity index (χ1) is 36.1. The van der Waals surface area contributed by atoms with Crippen LogP contribution in [0.15, 0.2) is 85.1 Å². The Morgan fingerprint density at radius 2 is 1.28 bits per heavy atom. The van der Waals surface area contributed by atoms with Crippen LogP contribution in [0.2, 0.25) is 0 Å². The van der Waals surface area contributed by atoms with Crippen LogP contribution in [-0.2, 0) is 62.4 Å². The number of H-pyrrole nitrogens is 1. The summed E-state index contributed by atoms with van der Waals surface area (Å²) in [6, 6.07) is 9.96. The van der Waals surface area contributed by atoms with Crippen LogP contribution in [0.4, 0.5) is 0 Å². The SMILES string of the molecule is CC(C)C(NC(=O)C1CSSC(C)(C)C(NC(=O)C(N)CC(=O)O)C(=O)NC(Cc2ccccc2)C(=O)NC(Cc2c[nH]c3ccccc23)C(=O)NC(CCCCN)C(=O)NC(Cc2ccc(O)cc2)C(=O)N1)C(=O)O. The van der Waals surface area contributed by atoms with Gasteiger partial charge < -0.3 is 69.0 Å². The van der Waals surface area contributed by atoms with Gasteiger partial charge in [0.25, 0.3) is 0 Å². The van der Waals surface area contributed by atoms with Crippen molar-refractivity contribution in [3.05, 3.63) is 102 Å². The number of phenolic OH excluding ortho intramolecular Hbond substituents is 1. The van der Waals surface area contributed by atoms with Crippen LogP contribution in [0.3, 0.4) is 0 Å². The van der Waals surface area contributed by atoms with E-state index < -0.39 is 119 Å². The summed E-state index contributed by atoms with van der Waals surface area (Å²) >= 11 is 0. The van der Waals surface area contributed by atoms with Gasteiger partial charge in [0.15, 0.2) is 0 Å². The van der Waals surface area contributed by atoms with E-state index >= 15 is 0 Å². The van der Waals surface area contributed by atoms with E-state index in [1.54, 1.807) is 70.3 Å². The third-order valence-electron chi connectivity index (χ3n) is 12.6. The number of aromatic nitrogens is 1. The van der Waals surface area contributed by atoms with Gasteiger partial charge in [-0.3, -0.25) is 38.4 Å². The molecule has 0 bridgehead atoms.